The normalized spacial score (nSPS) is 11.2. The Morgan fingerprint density at radius 2 is 2.20 bits per heavy atom. The summed E-state index contributed by atoms with van der Waals surface area (Å²) in [6.45, 7) is 0.535. The van der Waals surface area contributed by atoms with Gasteiger partial charge in [-0.15, -0.1) is 0 Å². The zero-order valence-electron chi connectivity index (χ0n) is 13.5. The molecule has 0 aliphatic rings. The largest absolute Gasteiger partial charge is 0.440 e. The van der Waals surface area contributed by atoms with E-state index in [9.17, 15) is 13.6 Å². The summed E-state index contributed by atoms with van der Waals surface area (Å²) in [6.07, 6.45) is 1.77. The Labute approximate surface area is 140 Å². The average Bonchev–Trinajstić information content (AvgIpc) is 3.16. The number of hydrogen-bond acceptors (Lipinski definition) is 6. The minimum absolute atomic E-state index is 0.0333. The van der Waals surface area contributed by atoms with Crippen LogP contribution in [-0.2, 0) is 17.6 Å². The number of fused-ring (bicyclic) bond motifs is 1. The molecule has 0 fully saturated rings. The van der Waals surface area contributed by atoms with Gasteiger partial charge in [-0.3, -0.25) is 4.79 Å². The van der Waals surface area contributed by atoms with Gasteiger partial charge in [-0.1, -0.05) is 18.1 Å². The van der Waals surface area contributed by atoms with Crippen LogP contribution in [0.15, 0.2) is 27.3 Å². The van der Waals surface area contributed by atoms with Crippen LogP contribution < -0.4 is 10.1 Å². The van der Waals surface area contributed by atoms with Crippen LogP contribution in [0.5, 0.6) is 5.75 Å². The predicted octanol–water partition coefficient (Wildman–Crippen LogP) is 3.47. The number of rotatable bonds is 6. The van der Waals surface area contributed by atoms with Gasteiger partial charge < -0.3 is 19.0 Å². The molecule has 0 saturated heterocycles. The van der Waals surface area contributed by atoms with Gasteiger partial charge >= 0.3 is 6.61 Å². The van der Waals surface area contributed by atoms with E-state index in [1.54, 1.807) is 6.92 Å². The summed E-state index contributed by atoms with van der Waals surface area (Å²) in [4.78, 5) is 16.4. The molecule has 2 heterocycles. The van der Waals surface area contributed by atoms with Crippen molar-refractivity contribution in [3.63, 3.8) is 0 Å². The summed E-state index contributed by atoms with van der Waals surface area (Å²) in [7, 11) is 0. The third-order valence-corrected chi connectivity index (χ3v) is 3.53. The molecule has 0 bridgehead atoms. The number of aromatic nitrogens is 2. The van der Waals surface area contributed by atoms with E-state index in [-0.39, 0.29) is 29.2 Å². The van der Waals surface area contributed by atoms with Crippen LogP contribution in [0.4, 0.5) is 14.5 Å². The summed E-state index contributed by atoms with van der Waals surface area (Å²) in [5.74, 6) is -0.0473. The van der Waals surface area contributed by atoms with Crippen LogP contribution in [0.3, 0.4) is 0 Å². The Morgan fingerprint density at radius 1 is 1.40 bits per heavy atom. The van der Waals surface area contributed by atoms with E-state index in [4.69, 9.17) is 8.94 Å². The lowest BCUT2D eigenvalue weighted by Gasteiger charge is -2.07. The number of hydrogen-bond donors (Lipinski definition) is 1. The molecule has 0 unspecified atom stereocenters. The highest BCUT2D eigenvalue weighted by Gasteiger charge is 2.19. The molecule has 3 aromatic rings. The van der Waals surface area contributed by atoms with Gasteiger partial charge in [0, 0.05) is 12.0 Å². The summed E-state index contributed by atoms with van der Waals surface area (Å²) in [5.41, 5.74) is 1.95. The van der Waals surface area contributed by atoms with Gasteiger partial charge in [0.2, 0.25) is 5.91 Å². The first-order valence-electron chi connectivity index (χ1n) is 7.54. The number of amides is 1. The Morgan fingerprint density at radius 3 is 2.84 bits per heavy atom. The summed E-state index contributed by atoms with van der Waals surface area (Å²) >= 11 is 0. The molecule has 1 amide bonds. The van der Waals surface area contributed by atoms with Gasteiger partial charge in [-0.2, -0.15) is 8.78 Å². The van der Waals surface area contributed by atoms with Crippen LogP contribution >= 0.6 is 0 Å². The van der Waals surface area contributed by atoms with Crippen molar-refractivity contribution in [2.75, 3.05) is 5.32 Å². The summed E-state index contributed by atoms with van der Waals surface area (Å²) in [5, 5.41) is 6.34. The molecule has 7 nitrogen and oxygen atoms in total. The highest BCUT2D eigenvalue weighted by atomic mass is 19.3. The van der Waals surface area contributed by atoms with Crippen molar-refractivity contribution in [1.82, 2.24) is 10.1 Å². The van der Waals surface area contributed by atoms with E-state index >= 15 is 0 Å². The lowest BCUT2D eigenvalue weighted by atomic mass is 10.1. The molecule has 1 N–H and O–H groups in total. The van der Waals surface area contributed by atoms with Crippen molar-refractivity contribution in [1.29, 1.82) is 0 Å². The van der Waals surface area contributed by atoms with Crippen LogP contribution in [0.1, 0.15) is 24.1 Å². The molecule has 0 aliphatic heterocycles. The zero-order chi connectivity index (χ0) is 18.0. The fourth-order valence-electron chi connectivity index (χ4n) is 2.34. The Kier molecular flexibility index (Phi) is 4.64. The first kappa shape index (κ1) is 16.9. The summed E-state index contributed by atoms with van der Waals surface area (Å²) < 4.78 is 39.9. The quantitative estimate of drug-likeness (QED) is 0.731. The van der Waals surface area contributed by atoms with Crippen molar-refractivity contribution < 1.29 is 27.3 Å². The van der Waals surface area contributed by atoms with Crippen molar-refractivity contribution >= 4 is 22.7 Å². The van der Waals surface area contributed by atoms with Crippen LogP contribution in [-0.4, -0.2) is 22.7 Å². The average molecular weight is 351 g/mol. The number of carbonyl (C=O) groups is 1. The monoisotopic (exact) mass is 351 g/mol. The molecule has 0 saturated carbocycles. The highest BCUT2D eigenvalue weighted by Crippen LogP contribution is 2.31. The standard InChI is InChI=1S/C16H15F2N3O4/c1-3-13-20-14-11(24-16(17)18)5-4-9(15(14)25-13)6-12(22)19-10-7-23-21-8(10)2/h4-5,7,16H,3,6H2,1-2H3,(H,19,22). The molecule has 0 spiro atoms. The third kappa shape index (κ3) is 3.59. The number of aryl methyl sites for hydroxylation is 2. The highest BCUT2D eigenvalue weighted by molar-refractivity contribution is 5.95. The van der Waals surface area contributed by atoms with E-state index in [2.05, 4.69) is 20.2 Å². The molecule has 2 aromatic heterocycles. The van der Waals surface area contributed by atoms with Gasteiger partial charge in [0.05, 0.1) is 6.42 Å². The lowest BCUT2D eigenvalue weighted by molar-refractivity contribution is -0.115. The minimum Gasteiger partial charge on any atom is -0.440 e. The van der Waals surface area contributed by atoms with Crippen LogP contribution in [0.2, 0.25) is 0 Å². The minimum atomic E-state index is -2.98. The molecular weight excluding hydrogens is 336 g/mol. The lowest BCUT2D eigenvalue weighted by Crippen LogP contribution is -2.15. The zero-order valence-corrected chi connectivity index (χ0v) is 13.5. The number of ether oxygens (including phenoxy) is 1. The molecule has 25 heavy (non-hydrogen) atoms. The Balaban J connectivity index is 1.89. The van der Waals surface area contributed by atoms with Crippen molar-refractivity contribution in [2.45, 2.75) is 33.3 Å². The van der Waals surface area contributed by atoms with Gasteiger partial charge in [-0.25, -0.2) is 4.98 Å². The Bertz CT molecular complexity index is 904. The smallest absolute Gasteiger partial charge is 0.387 e. The number of halogens is 2. The second-order valence-corrected chi connectivity index (χ2v) is 5.28. The van der Waals surface area contributed by atoms with Crippen molar-refractivity contribution in [3.8, 4) is 5.75 Å². The maximum absolute atomic E-state index is 12.5. The third-order valence-electron chi connectivity index (χ3n) is 3.53. The fourth-order valence-corrected chi connectivity index (χ4v) is 2.34. The van der Waals surface area contributed by atoms with Gasteiger partial charge in [-0.05, 0) is 13.0 Å². The van der Waals surface area contributed by atoms with Crippen LogP contribution in [0, 0.1) is 6.92 Å². The van der Waals surface area contributed by atoms with Crippen LogP contribution in [0.25, 0.3) is 11.1 Å². The maximum atomic E-state index is 12.5. The molecule has 9 heteroatoms. The van der Waals surface area contributed by atoms with Gasteiger partial charge in [0.15, 0.2) is 22.7 Å². The second kappa shape index (κ2) is 6.88. The molecule has 0 radical (unpaired) electrons. The molecule has 1 aromatic carbocycles. The number of benzene rings is 1. The number of nitrogens with one attached hydrogen (secondary N) is 1. The predicted molar refractivity (Wildman–Crippen MR) is 83.6 cm³/mol. The number of carbonyl (C=O) groups excluding carboxylic acids is 1. The van der Waals surface area contributed by atoms with Crippen molar-refractivity contribution in [2.24, 2.45) is 0 Å². The van der Waals surface area contributed by atoms with E-state index in [0.29, 0.717) is 29.3 Å². The van der Waals surface area contributed by atoms with E-state index in [0.717, 1.165) is 0 Å². The van der Waals surface area contributed by atoms with E-state index in [1.807, 2.05) is 6.92 Å². The molecular formula is C16H15F2N3O4. The second-order valence-electron chi connectivity index (χ2n) is 5.28. The Hall–Kier alpha value is -2.97. The topological polar surface area (TPSA) is 90.4 Å². The molecule has 0 atom stereocenters. The molecule has 132 valence electrons. The molecule has 3 rings (SSSR count). The van der Waals surface area contributed by atoms with Gasteiger partial charge in [0.25, 0.3) is 0 Å². The number of alkyl halides is 2. The first-order chi connectivity index (χ1) is 12.0. The maximum Gasteiger partial charge on any atom is 0.387 e. The SMILES string of the molecule is CCc1nc2c(OC(F)F)ccc(CC(=O)Nc3conc3C)c2o1. The number of nitrogens with zero attached hydrogens (tertiary/aromatic N) is 2. The van der Waals surface area contributed by atoms with Crippen molar-refractivity contribution in [3.05, 3.63) is 35.5 Å². The fraction of sp³-hybridized carbons (Fsp3) is 0.312. The summed E-state index contributed by atoms with van der Waals surface area (Å²) in [6, 6.07) is 2.86. The number of oxazole rings is 1. The number of anilines is 1. The first-order valence-corrected chi connectivity index (χ1v) is 7.54. The van der Waals surface area contributed by atoms with Gasteiger partial charge in [0.1, 0.15) is 17.6 Å². The van der Waals surface area contributed by atoms with E-state index in [1.165, 1.54) is 18.4 Å². The molecule has 0 aliphatic carbocycles. The van der Waals surface area contributed by atoms with E-state index < -0.39 is 6.61 Å².